The molecule has 2 aromatic carbocycles. The normalized spacial score (nSPS) is 14.0. The zero-order chi connectivity index (χ0) is 19.9. The number of imidazole rings is 1. The monoisotopic (exact) mass is 471 g/mol. The van der Waals surface area contributed by atoms with E-state index in [1.54, 1.807) is 12.1 Å². The molecule has 0 atom stereocenters. The molecule has 0 radical (unpaired) electrons. The van der Waals surface area contributed by atoms with E-state index in [9.17, 15) is 13.6 Å². The molecule has 1 aliphatic heterocycles. The minimum atomic E-state index is -3.79. The lowest BCUT2D eigenvalue weighted by Crippen LogP contribution is -2.16. The molecule has 0 saturated carbocycles. The van der Waals surface area contributed by atoms with Crippen LogP contribution >= 0.6 is 27.5 Å². The van der Waals surface area contributed by atoms with Gasteiger partial charge in [0, 0.05) is 33.9 Å². The number of rotatable bonds is 4. The Kier molecular flexibility index (Phi) is 4.98. The van der Waals surface area contributed by atoms with E-state index in [-0.39, 0.29) is 11.7 Å². The first kappa shape index (κ1) is 19.1. The molecule has 0 unspecified atom stereocenters. The predicted octanol–water partition coefficient (Wildman–Crippen LogP) is 4.75. The average Bonchev–Trinajstić information content (AvgIpc) is 3.01. The molecule has 1 amide bonds. The number of nitrogens with zero attached hydrogens (tertiary/aromatic N) is 2. The molecule has 0 fully saturated rings. The number of carbonyl (C=O) groups is 1. The largest absolute Gasteiger partial charge is 0.487 e. The molecule has 6 nitrogen and oxygen atoms in total. The smallest absolute Gasteiger partial charge is 0.420 e. The highest BCUT2D eigenvalue weighted by Crippen LogP contribution is 2.29. The van der Waals surface area contributed by atoms with Crippen LogP contribution in [0.5, 0.6) is 5.75 Å². The molecule has 0 bridgehead atoms. The summed E-state index contributed by atoms with van der Waals surface area (Å²) in [6.07, 6.45) is 0. The summed E-state index contributed by atoms with van der Waals surface area (Å²) in [4.78, 5) is 17.1. The van der Waals surface area contributed by atoms with Crippen LogP contribution in [-0.2, 0) is 17.9 Å². The third-order valence-corrected chi connectivity index (χ3v) is 4.85. The third kappa shape index (κ3) is 3.96. The van der Waals surface area contributed by atoms with Crippen molar-refractivity contribution in [1.29, 1.82) is 0 Å². The van der Waals surface area contributed by atoms with E-state index in [2.05, 4.69) is 35.5 Å². The molecule has 0 aliphatic carbocycles. The van der Waals surface area contributed by atoms with Crippen LogP contribution in [0.4, 0.5) is 14.5 Å². The van der Waals surface area contributed by atoms with Crippen LogP contribution in [0, 0.1) is 0 Å². The molecule has 1 aliphatic rings. The maximum Gasteiger partial charge on any atom is 0.487 e. The summed E-state index contributed by atoms with van der Waals surface area (Å²) in [5, 5.41) is 2.71. The molecule has 1 aromatic heterocycles. The van der Waals surface area contributed by atoms with E-state index in [1.165, 1.54) is 24.3 Å². The lowest BCUT2D eigenvalue weighted by atomic mass is 10.1. The van der Waals surface area contributed by atoms with E-state index in [1.807, 2.05) is 0 Å². The molecule has 4 rings (SSSR count). The van der Waals surface area contributed by atoms with E-state index < -0.39 is 5.57 Å². The third-order valence-electron chi connectivity index (χ3n) is 4.17. The number of anilines is 1. The SMILES string of the molecule is O=C(Nc1ccc(OC(F)(F)Cl)cc1)c1cc(Br)c2c(c1)nc1n2CCOC1. The number of alkyl halides is 3. The number of amides is 1. The quantitative estimate of drug-likeness (QED) is 0.557. The first-order valence-corrected chi connectivity index (χ1v) is 9.41. The molecule has 10 heteroatoms. The number of halogens is 4. The van der Waals surface area contributed by atoms with E-state index >= 15 is 0 Å². The Labute approximate surface area is 171 Å². The highest BCUT2D eigenvalue weighted by atomic mass is 79.9. The van der Waals surface area contributed by atoms with Gasteiger partial charge in [0.05, 0.1) is 17.6 Å². The second kappa shape index (κ2) is 7.31. The molecule has 3 aromatic rings. The van der Waals surface area contributed by atoms with Crippen molar-refractivity contribution in [2.24, 2.45) is 0 Å². The number of hydrogen-bond donors (Lipinski definition) is 1. The Balaban J connectivity index is 1.56. The Hall–Kier alpha value is -2.23. The van der Waals surface area contributed by atoms with E-state index in [0.717, 1.165) is 15.8 Å². The van der Waals surface area contributed by atoms with Gasteiger partial charge in [-0.15, -0.1) is 8.78 Å². The van der Waals surface area contributed by atoms with Crippen molar-refractivity contribution in [3.63, 3.8) is 0 Å². The van der Waals surface area contributed by atoms with Gasteiger partial charge in [0.15, 0.2) is 0 Å². The molecular weight excluding hydrogens is 460 g/mol. The second-order valence-electron chi connectivity index (χ2n) is 6.08. The summed E-state index contributed by atoms with van der Waals surface area (Å²) in [7, 11) is 0. The molecular formula is C18H13BrClF2N3O3. The fraction of sp³-hybridized carbons (Fsp3) is 0.222. The molecule has 28 heavy (non-hydrogen) atoms. The van der Waals surface area contributed by atoms with Crippen LogP contribution in [-0.4, -0.2) is 27.6 Å². The first-order valence-electron chi connectivity index (χ1n) is 8.24. The molecule has 0 saturated heterocycles. The van der Waals surface area contributed by atoms with Gasteiger partial charge in [-0.1, -0.05) is 0 Å². The van der Waals surface area contributed by atoms with Gasteiger partial charge >= 0.3 is 5.57 Å². The number of hydrogen-bond acceptors (Lipinski definition) is 4. The fourth-order valence-corrected chi connectivity index (χ4v) is 3.76. The molecule has 2 heterocycles. The van der Waals surface area contributed by atoms with Crippen LogP contribution < -0.4 is 10.1 Å². The summed E-state index contributed by atoms with van der Waals surface area (Å²) in [5.74, 6) is 0.334. The topological polar surface area (TPSA) is 65.4 Å². The highest BCUT2D eigenvalue weighted by Gasteiger charge is 2.27. The van der Waals surface area contributed by atoms with Crippen molar-refractivity contribution in [3.8, 4) is 5.75 Å². The number of nitrogens with one attached hydrogen (secondary N) is 1. The number of ether oxygens (including phenoxy) is 2. The maximum atomic E-state index is 12.6. The summed E-state index contributed by atoms with van der Waals surface area (Å²) in [5.41, 5.74) is -1.36. The van der Waals surface area contributed by atoms with Crippen LogP contribution in [0.2, 0.25) is 0 Å². The van der Waals surface area contributed by atoms with Crippen molar-refractivity contribution >= 4 is 50.2 Å². The Morgan fingerprint density at radius 3 is 2.79 bits per heavy atom. The maximum absolute atomic E-state index is 12.6. The Morgan fingerprint density at radius 2 is 2.07 bits per heavy atom. The van der Waals surface area contributed by atoms with Gasteiger partial charge in [-0.2, -0.15) is 0 Å². The van der Waals surface area contributed by atoms with Gasteiger partial charge in [-0.05, 0) is 52.3 Å². The van der Waals surface area contributed by atoms with Crippen molar-refractivity contribution < 1.29 is 23.0 Å². The number of carbonyl (C=O) groups excluding carboxylic acids is 1. The molecule has 146 valence electrons. The highest BCUT2D eigenvalue weighted by molar-refractivity contribution is 9.10. The summed E-state index contributed by atoms with van der Waals surface area (Å²) in [6.45, 7) is 1.74. The summed E-state index contributed by atoms with van der Waals surface area (Å²) < 4.78 is 37.8. The lowest BCUT2D eigenvalue weighted by Gasteiger charge is -2.15. The van der Waals surface area contributed by atoms with Gasteiger partial charge < -0.3 is 19.4 Å². The van der Waals surface area contributed by atoms with Gasteiger partial charge in [0.1, 0.15) is 18.2 Å². The van der Waals surface area contributed by atoms with Crippen molar-refractivity contribution in [2.45, 2.75) is 18.7 Å². The van der Waals surface area contributed by atoms with Crippen molar-refractivity contribution in [2.75, 3.05) is 11.9 Å². The van der Waals surface area contributed by atoms with Gasteiger partial charge in [0.25, 0.3) is 5.91 Å². The van der Waals surface area contributed by atoms with Crippen LogP contribution in [0.15, 0.2) is 40.9 Å². The van der Waals surface area contributed by atoms with Gasteiger partial charge in [-0.25, -0.2) is 4.98 Å². The zero-order valence-electron chi connectivity index (χ0n) is 14.2. The van der Waals surface area contributed by atoms with E-state index in [4.69, 9.17) is 16.3 Å². The first-order chi connectivity index (χ1) is 13.3. The Bertz CT molecular complexity index is 1050. The van der Waals surface area contributed by atoms with Crippen molar-refractivity contribution in [3.05, 3.63) is 52.3 Å². The predicted molar refractivity (Wildman–Crippen MR) is 103 cm³/mol. The van der Waals surface area contributed by atoms with Crippen LogP contribution in [0.1, 0.15) is 16.2 Å². The number of aromatic nitrogens is 2. The van der Waals surface area contributed by atoms with Crippen LogP contribution in [0.3, 0.4) is 0 Å². The number of fused-ring (bicyclic) bond motifs is 3. The Morgan fingerprint density at radius 1 is 1.32 bits per heavy atom. The van der Waals surface area contributed by atoms with E-state index in [0.29, 0.717) is 36.5 Å². The summed E-state index contributed by atoms with van der Waals surface area (Å²) in [6, 6.07) is 8.87. The molecule has 0 spiro atoms. The molecule has 1 N–H and O–H groups in total. The van der Waals surface area contributed by atoms with Crippen molar-refractivity contribution in [1.82, 2.24) is 9.55 Å². The average molecular weight is 473 g/mol. The summed E-state index contributed by atoms with van der Waals surface area (Å²) >= 11 is 8.24. The number of benzene rings is 2. The lowest BCUT2D eigenvalue weighted by molar-refractivity contribution is -0.0964. The minimum Gasteiger partial charge on any atom is -0.420 e. The minimum absolute atomic E-state index is 0.118. The zero-order valence-corrected chi connectivity index (χ0v) is 16.6. The fourth-order valence-electron chi connectivity index (χ4n) is 3.01. The standard InChI is InChI=1S/C18H13BrClF2N3O3/c19-13-7-10(8-14-16(13)25-5-6-27-9-15(25)24-14)17(26)23-11-1-3-12(4-2-11)28-18(20,21)22/h1-4,7-8H,5-6,9H2,(H,23,26). The van der Waals surface area contributed by atoms with Gasteiger partial charge in [0.2, 0.25) is 0 Å². The van der Waals surface area contributed by atoms with Gasteiger partial charge in [-0.3, -0.25) is 4.79 Å². The second-order valence-corrected chi connectivity index (χ2v) is 7.38. The van der Waals surface area contributed by atoms with Crippen LogP contribution in [0.25, 0.3) is 11.0 Å².